The predicted molar refractivity (Wildman–Crippen MR) is 71.6 cm³/mol. The number of carbonyl (C=O) groups excluding carboxylic acids is 1. The first kappa shape index (κ1) is 14.5. The molecule has 1 saturated carbocycles. The first-order chi connectivity index (χ1) is 8.11. The second-order valence-electron chi connectivity index (χ2n) is 5.33. The summed E-state index contributed by atoms with van der Waals surface area (Å²) in [6.07, 6.45) is 5.45. The zero-order valence-electron chi connectivity index (χ0n) is 11.6. The minimum atomic E-state index is 0.163. The maximum Gasteiger partial charge on any atom is 0.225 e. The van der Waals surface area contributed by atoms with Crippen LogP contribution in [0.25, 0.3) is 0 Å². The van der Waals surface area contributed by atoms with Crippen LogP contribution in [0.15, 0.2) is 0 Å². The van der Waals surface area contributed by atoms with E-state index < -0.39 is 0 Å². The quantitative estimate of drug-likeness (QED) is 0.802. The molecule has 2 N–H and O–H groups in total. The number of nitrogens with zero attached hydrogens (tertiary/aromatic N) is 1. The summed E-state index contributed by atoms with van der Waals surface area (Å²) >= 11 is 0. The summed E-state index contributed by atoms with van der Waals surface area (Å²) in [5, 5.41) is 0. The lowest BCUT2D eigenvalue weighted by Crippen LogP contribution is -2.46. The van der Waals surface area contributed by atoms with E-state index in [9.17, 15) is 4.79 Å². The molecule has 0 aliphatic heterocycles. The Kier molecular flexibility index (Phi) is 5.96. The molecule has 3 nitrogen and oxygen atoms in total. The van der Waals surface area contributed by atoms with E-state index in [-0.39, 0.29) is 12.0 Å². The van der Waals surface area contributed by atoms with Crippen molar-refractivity contribution in [2.45, 2.75) is 58.9 Å². The van der Waals surface area contributed by atoms with Crippen molar-refractivity contribution in [1.29, 1.82) is 0 Å². The summed E-state index contributed by atoms with van der Waals surface area (Å²) < 4.78 is 0. The maximum atomic E-state index is 12.5. The lowest BCUT2D eigenvalue weighted by atomic mass is 9.76. The van der Waals surface area contributed by atoms with Crippen LogP contribution in [0.5, 0.6) is 0 Å². The molecule has 0 aromatic heterocycles. The third-order valence-electron chi connectivity index (χ3n) is 4.15. The Labute approximate surface area is 106 Å². The SMILES string of the molecule is CCCCN(CC)C(=O)C1CCCC(N)C1C. The van der Waals surface area contributed by atoms with Crippen LogP contribution in [0.3, 0.4) is 0 Å². The molecule has 0 spiro atoms. The van der Waals surface area contributed by atoms with E-state index in [1.807, 2.05) is 4.90 Å². The van der Waals surface area contributed by atoms with E-state index in [4.69, 9.17) is 5.73 Å². The van der Waals surface area contributed by atoms with E-state index in [1.54, 1.807) is 0 Å². The molecule has 1 fully saturated rings. The van der Waals surface area contributed by atoms with Crippen molar-refractivity contribution < 1.29 is 4.79 Å². The van der Waals surface area contributed by atoms with Gasteiger partial charge in [0.2, 0.25) is 5.91 Å². The molecule has 0 saturated heterocycles. The molecule has 0 radical (unpaired) electrons. The molecule has 3 unspecified atom stereocenters. The summed E-state index contributed by atoms with van der Waals surface area (Å²) in [7, 11) is 0. The minimum Gasteiger partial charge on any atom is -0.343 e. The van der Waals surface area contributed by atoms with E-state index in [2.05, 4.69) is 20.8 Å². The number of hydrogen-bond donors (Lipinski definition) is 1. The molecular formula is C14H28N2O. The molecule has 1 aliphatic rings. The van der Waals surface area contributed by atoms with Gasteiger partial charge in [-0.15, -0.1) is 0 Å². The number of nitrogens with two attached hydrogens (primary N) is 1. The third kappa shape index (κ3) is 3.70. The Balaban J connectivity index is 2.59. The minimum absolute atomic E-state index is 0.163. The summed E-state index contributed by atoms with van der Waals surface area (Å²) in [6.45, 7) is 8.11. The fourth-order valence-corrected chi connectivity index (χ4v) is 2.75. The van der Waals surface area contributed by atoms with Crippen LogP contribution in [0.2, 0.25) is 0 Å². The second kappa shape index (κ2) is 7.00. The first-order valence-corrected chi connectivity index (χ1v) is 7.16. The summed E-state index contributed by atoms with van der Waals surface area (Å²) in [5.41, 5.74) is 6.08. The molecule has 100 valence electrons. The molecule has 0 bridgehead atoms. The second-order valence-corrected chi connectivity index (χ2v) is 5.33. The van der Waals surface area contributed by atoms with Crippen molar-refractivity contribution in [1.82, 2.24) is 4.90 Å². The monoisotopic (exact) mass is 240 g/mol. The lowest BCUT2D eigenvalue weighted by molar-refractivity contribution is -0.138. The summed E-state index contributed by atoms with van der Waals surface area (Å²) in [6, 6.07) is 0.211. The topological polar surface area (TPSA) is 46.3 Å². The van der Waals surface area contributed by atoms with Crippen molar-refractivity contribution in [2.75, 3.05) is 13.1 Å². The van der Waals surface area contributed by atoms with Gasteiger partial charge in [0, 0.05) is 25.0 Å². The average molecular weight is 240 g/mol. The molecule has 1 amide bonds. The summed E-state index contributed by atoms with van der Waals surface area (Å²) in [5.74, 6) is 0.839. The molecule has 0 heterocycles. The molecule has 0 aromatic rings. The fourth-order valence-electron chi connectivity index (χ4n) is 2.75. The molecule has 3 atom stereocenters. The van der Waals surface area contributed by atoms with Gasteiger partial charge < -0.3 is 10.6 Å². The van der Waals surface area contributed by atoms with Crippen LogP contribution >= 0.6 is 0 Å². The van der Waals surface area contributed by atoms with Crippen LogP contribution in [-0.4, -0.2) is 29.9 Å². The Morgan fingerprint density at radius 3 is 2.65 bits per heavy atom. The van der Waals surface area contributed by atoms with Crippen molar-refractivity contribution in [3.63, 3.8) is 0 Å². The average Bonchev–Trinajstić information content (AvgIpc) is 2.33. The van der Waals surface area contributed by atoms with Crippen molar-refractivity contribution >= 4 is 5.91 Å². The molecule has 3 heteroatoms. The Hall–Kier alpha value is -0.570. The molecule has 0 aromatic carbocycles. The van der Waals surface area contributed by atoms with Gasteiger partial charge in [-0.2, -0.15) is 0 Å². The van der Waals surface area contributed by atoms with Crippen LogP contribution < -0.4 is 5.73 Å². The van der Waals surface area contributed by atoms with Gasteiger partial charge in [-0.25, -0.2) is 0 Å². The van der Waals surface area contributed by atoms with Gasteiger partial charge in [-0.3, -0.25) is 4.79 Å². The van der Waals surface area contributed by atoms with E-state index >= 15 is 0 Å². The van der Waals surface area contributed by atoms with Crippen molar-refractivity contribution in [3.05, 3.63) is 0 Å². The third-order valence-corrected chi connectivity index (χ3v) is 4.15. The number of unbranched alkanes of at least 4 members (excludes halogenated alkanes) is 1. The maximum absolute atomic E-state index is 12.5. The Morgan fingerprint density at radius 2 is 2.06 bits per heavy atom. The number of hydrogen-bond acceptors (Lipinski definition) is 2. The molecule has 17 heavy (non-hydrogen) atoms. The number of carbonyl (C=O) groups is 1. The standard InChI is InChI=1S/C14H28N2O/c1-4-6-10-16(5-2)14(17)12-8-7-9-13(15)11(12)3/h11-13H,4-10,15H2,1-3H3. The number of rotatable bonds is 5. The molecule has 1 aliphatic carbocycles. The van der Waals surface area contributed by atoms with Gasteiger partial charge >= 0.3 is 0 Å². The highest BCUT2D eigenvalue weighted by Crippen LogP contribution is 2.30. The highest BCUT2D eigenvalue weighted by Gasteiger charge is 2.34. The van der Waals surface area contributed by atoms with Crippen molar-refractivity contribution in [2.24, 2.45) is 17.6 Å². The first-order valence-electron chi connectivity index (χ1n) is 7.16. The smallest absolute Gasteiger partial charge is 0.225 e. The van der Waals surface area contributed by atoms with Crippen LogP contribution in [-0.2, 0) is 4.79 Å². The highest BCUT2D eigenvalue weighted by atomic mass is 16.2. The van der Waals surface area contributed by atoms with Crippen LogP contribution in [0, 0.1) is 11.8 Å². The molecular weight excluding hydrogens is 212 g/mol. The zero-order chi connectivity index (χ0) is 12.8. The van der Waals surface area contributed by atoms with Crippen LogP contribution in [0.1, 0.15) is 52.9 Å². The van der Waals surface area contributed by atoms with Gasteiger partial charge in [-0.1, -0.05) is 26.7 Å². The van der Waals surface area contributed by atoms with Crippen molar-refractivity contribution in [3.8, 4) is 0 Å². The Morgan fingerprint density at radius 1 is 1.35 bits per heavy atom. The normalized spacial score (nSPS) is 29.1. The predicted octanol–water partition coefficient (Wildman–Crippen LogP) is 2.40. The van der Waals surface area contributed by atoms with Gasteiger partial charge in [0.25, 0.3) is 0 Å². The summed E-state index contributed by atoms with van der Waals surface area (Å²) in [4.78, 5) is 14.5. The Bertz CT molecular complexity index is 242. The van der Waals surface area contributed by atoms with Gasteiger partial charge in [0.1, 0.15) is 0 Å². The largest absolute Gasteiger partial charge is 0.343 e. The van der Waals surface area contributed by atoms with Gasteiger partial charge in [0.05, 0.1) is 0 Å². The highest BCUT2D eigenvalue weighted by molar-refractivity contribution is 5.79. The zero-order valence-corrected chi connectivity index (χ0v) is 11.6. The van der Waals surface area contributed by atoms with E-state index in [0.29, 0.717) is 11.8 Å². The lowest BCUT2D eigenvalue weighted by Gasteiger charge is -2.36. The van der Waals surface area contributed by atoms with Crippen LogP contribution in [0.4, 0.5) is 0 Å². The van der Waals surface area contributed by atoms with E-state index in [1.165, 1.54) is 0 Å². The van der Waals surface area contributed by atoms with Gasteiger partial charge in [0.15, 0.2) is 0 Å². The van der Waals surface area contributed by atoms with E-state index in [0.717, 1.165) is 45.2 Å². The molecule has 1 rings (SSSR count). The number of amides is 1. The fraction of sp³-hybridized carbons (Fsp3) is 0.929. The van der Waals surface area contributed by atoms with Gasteiger partial charge in [-0.05, 0) is 32.1 Å².